The van der Waals surface area contributed by atoms with Crippen LogP contribution in [-0.4, -0.2) is 17.3 Å². The van der Waals surface area contributed by atoms with Crippen LogP contribution < -0.4 is 0 Å². The molecule has 4 atom stereocenters. The summed E-state index contributed by atoms with van der Waals surface area (Å²) in [5.41, 5.74) is 8.24. The van der Waals surface area contributed by atoms with Crippen LogP contribution in [0.1, 0.15) is 26.7 Å². The zero-order valence-corrected chi connectivity index (χ0v) is 7.51. The highest BCUT2D eigenvalue weighted by molar-refractivity contribution is 4.86. The standard InChI is InChI=1S/C8H15N3O/c1-5-3-7(10-11-9)8(12)4-6(5)2/h5-8,12H,3-4H2,1-2H3/t5-,6+,7-,8-/m1/s1. The largest absolute Gasteiger partial charge is 0.393 e. The lowest BCUT2D eigenvalue weighted by molar-refractivity contribution is 0.0608. The van der Waals surface area contributed by atoms with Crippen molar-refractivity contribution in [2.75, 3.05) is 0 Å². The van der Waals surface area contributed by atoms with E-state index in [4.69, 9.17) is 5.53 Å². The molecule has 0 aromatic carbocycles. The Bertz CT molecular complexity index is 200. The van der Waals surface area contributed by atoms with Gasteiger partial charge in [-0.05, 0) is 30.2 Å². The molecule has 0 unspecified atom stereocenters. The van der Waals surface area contributed by atoms with Crippen molar-refractivity contribution >= 4 is 0 Å². The maximum atomic E-state index is 9.52. The maximum Gasteiger partial charge on any atom is 0.0636 e. The maximum absolute atomic E-state index is 9.52. The molecule has 0 bridgehead atoms. The van der Waals surface area contributed by atoms with Gasteiger partial charge in [0.1, 0.15) is 0 Å². The Morgan fingerprint density at radius 1 is 1.33 bits per heavy atom. The van der Waals surface area contributed by atoms with Gasteiger partial charge < -0.3 is 5.11 Å². The molecule has 4 nitrogen and oxygen atoms in total. The second-order valence-electron chi connectivity index (χ2n) is 3.77. The highest BCUT2D eigenvalue weighted by Crippen LogP contribution is 2.31. The van der Waals surface area contributed by atoms with E-state index in [-0.39, 0.29) is 6.04 Å². The first-order valence-corrected chi connectivity index (χ1v) is 4.37. The van der Waals surface area contributed by atoms with E-state index < -0.39 is 6.10 Å². The minimum Gasteiger partial charge on any atom is -0.393 e. The molecule has 0 radical (unpaired) electrons. The van der Waals surface area contributed by atoms with Crippen LogP contribution >= 0.6 is 0 Å². The summed E-state index contributed by atoms with van der Waals surface area (Å²) in [7, 11) is 0. The van der Waals surface area contributed by atoms with E-state index in [0.717, 1.165) is 12.8 Å². The number of aliphatic hydroxyl groups excluding tert-OH is 1. The predicted octanol–water partition coefficient (Wildman–Crippen LogP) is 2.09. The Morgan fingerprint density at radius 3 is 2.50 bits per heavy atom. The summed E-state index contributed by atoms with van der Waals surface area (Å²) < 4.78 is 0. The molecule has 1 aliphatic carbocycles. The number of rotatable bonds is 1. The second-order valence-corrected chi connectivity index (χ2v) is 3.77. The third-order valence-electron chi connectivity index (χ3n) is 2.84. The number of aliphatic hydroxyl groups is 1. The van der Waals surface area contributed by atoms with Gasteiger partial charge in [-0.25, -0.2) is 0 Å². The molecule has 0 amide bonds. The summed E-state index contributed by atoms with van der Waals surface area (Å²) in [6.07, 6.45) is 1.13. The van der Waals surface area contributed by atoms with Crippen LogP contribution in [0.15, 0.2) is 5.11 Å². The lowest BCUT2D eigenvalue weighted by atomic mass is 9.78. The SMILES string of the molecule is C[C@@H]1C[C@@H](N=[N+]=[N-])[C@H](O)C[C@@H]1C. The van der Waals surface area contributed by atoms with Crippen molar-refractivity contribution in [2.45, 2.75) is 38.8 Å². The third kappa shape index (κ3) is 1.90. The average Bonchev–Trinajstić information content (AvgIpc) is 2.01. The Kier molecular flexibility index (Phi) is 2.95. The number of nitrogens with zero attached hydrogens (tertiary/aromatic N) is 3. The van der Waals surface area contributed by atoms with Gasteiger partial charge in [-0.2, -0.15) is 0 Å². The first-order valence-electron chi connectivity index (χ1n) is 4.37. The van der Waals surface area contributed by atoms with Crippen molar-refractivity contribution in [3.05, 3.63) is 10.4 Å². The topological polar surface area (TPSA) is 69.0 Å². The third-order valence-corrected chi connectivity index (χ3v) is 2.84. The molecule has 0 aromatic heterocycles. The van der Waals surface area contributed by atoms with E-state index in [2.05, 4.69) is 23.9 Å². The van der Waals surface area contributed by atoms with E-state index in [9.17, 15) is 5.11 Å². The van der Waals surface area contributed by atoms with Crippen LogP contribution in [-0.2, 0) is 0 Å². The van der Waals surface area contributed by atoms with Gasteiger partial charge in [-0.1, -0.05) is 19.0 Å². The first-order chi connectivity index (χ1) is 5.65. The van der Waals surface area contributed by atoms with Gasteiger partial charge in [-0.3, -0.25) is 0 Å². The highest BCUT2D eigenvalue weighted by atomic mass is 16.3. The van der Waals surface area contributed by atoms with Crippen LogP contribution in [0.4, 0.5) is 0 Å². The van der Waals surface area contributed by atoms with Crippen molar-refractivity contribution in [3.8, 4) is 0 Å². The van der Waals surface area contributed by atoms with Crippen molar-refractivity contribution in [1.29, 1.82) is 0 Å². The summed E-state index contributed by atoms with van der Waals surface area (Å²) in [6.45, 7) is 4.26. The lowest BCUT2D eigenvalue weighted by Gasteiger charge is -2.33. The zero-order valence-electron chi connectivity index (χ0n) is 7.51. The summed E-state index contributed by atoms with van der Waals surface area (Å²) >= 11 is 0. The molecule has 1 N–H and O–H groups in total. The molecule has 68 valence electrons. The Hall–Kier alpha value is -0.730. The molecule has 0 heterocycles. The molecule has 0 aliphatic heterocycles. The summed E-state index contributed by atoms with van der Waals surface area (Å²) in [5.74, 6) is 1.08. The second kappa shape index (κ2) is 3.78. The molecule has 0 saturated heterocycles. The van der Waals surface area contributed by atoms with Crippen molar-refractivity contribution in [2.24, 2.45) is 17.0 Å². The lowest BCUT2D eigenvalue weighted by Crippen LogP contribution is -2.35. The van der Waals surface area contributed by atoms with Crippen LogP contribution in [0, 0.1) is 11.8 Å². The quantitative estimate of drug-likeness (QED) is 0.364. The highest BCUT2D eigenvalue weighted by Gasteiger charge is 2.30. The fourth-order valence-corrected chi connectivity index (χ4v) is 1.73. The van der Waals surface area contributed by atoms with E-state index in [1.165, 1.54) is 0 Å². The summed E-state index contributed by atoms with van der Waals surface area (Å²) in [6, 6.07) is -0.207. The van der Waals surface area contributed by atoms with Crippen LogP contribution in [0.25, 0.3) is 10.4 Å². The fraction of sp³-hybridized carbons (Fsp3) is 1.00. The molecule has 1 aliphatic rings. The van der Waals surface area contributed by atoms with Gasteiger partial charge in [-0.15, -0.1) is 0 Å². The number of hydrogen-bond acceptors (Lipinski definition) is 2. The molecule has 1 saturated carbocycles. The van der Waals surface area contributed by atoms with Gasteiger partial charge in [0.15, 0.2) is 0 Å². The van der Waals surface area contributed by atoms with Crippen molar-refractivity contribution in [3.63, 3.8) is 0 Å². The monoisotopic (exact) mass is 169 g/mol. The molecular weight excluding hydrogens is 154 g/mol. The number of azide groups is 1. The van der Waals surface area contributed by atoms with Crippen LogP contribution in [0.3, 0.4) is 0 Å². The molecular formula is C8H15N3O. The van der Waals surface area contributed by atoms with Gasteiger partial charge in [0.25, 0.3) is 0 Å². The zero-order chi connectivity index (χ0) is 9.14. The summed E-state index contributed by atoms with van der Waals surface area (Å²) in [5, 5.41) is 13.1. The van der Waals surface area contributed by atoms with Crippen LogP contribution in [0.5, 0.6) is 0 Å². The minimum atomic E-state index is -0.438. The van der Waals surface area contributed by atoms with Crippen molar-refractivity contribution in [1.82, 2.24) is 0 Å². The Labute approximate surface area is 72.2 Å². The molecule has 0 spiro atoms. The van der Waals surface area contributed by atoms with Gasteiger partial charge in [0, 0.05) is 4.91 Å². The molecule has 1 rings (SSSR count). The minimum absolute atomic E-state index is 0.207. The molecule has 1 fully saturated rings. The summed E-state index contributed by atoms with van der Waals surface area (Å²) in [4.78, 5) is 2.73. The average molecular weight is 169 g/mol. The normalized spacial score (nSPS) is 41.9. The van der Waals surface area contributed by atoms with Gasteiger partial charge in [0.2, 0.25) is 0 Å². The van der Waals surface area contributed by atoms with E-state index in [0.29, 0.717) is 11.8 Å². The molecule has 4 heteroatoms. The van der Waals surface area contributed by atoms with Crippen LogP contribution in [0.2, 0.25) is 0 Å². The fourth-order valence-electron chi connectivity index (χ4n) is 1.73. The molecule has 12 heavy (non-hydrogen) atoms. The first kappa shape index (κ1) is 9.36. The number of hydrogen-bond donors (Lipinski definition) is 1. The molecule has 0 aromatic rings. The van der Waals surface area contributed by atoms with Crippen molar-refractivity contribution < 1.29 is 5.11 Å². The van der Waals surface area contributed by atoms with E-state index in [1.807, 2.05) is 0 Å². The van der Waals surface area contributed by atoms with E-state index >= 15 is 0 Å². The van der Waals surface area contributed by atoms with Gasteiger partial charge >= 0.3 is 0 Å². The predicted molar refractivity (Wildman–Crippen MR) is 46.5 cm³/mol. The van der Waals surface area contributed by atoms with E-state index in [1.54, 1.807) is 0 Å². The Balaban J connectivity index is 2.61. The smallest absolute Gasteiger partial charge is 0.0636 e. The Morgan fingerprint density at radius 2 is 1.92 bits per heavy atom. The van der Waals surface area contributed by atoms with Gasteiger partial charge in [0.05, 0.1) is 12.1 Å².